The predicted octanol–water partition coefficient (Wildman–Crippen LogP) is 5.51. The van der Waals surface area contributed by atoms with Gasteiger partial charge < -0.3 is 25.3 Å². The number of piperazine rings is 1. The molecule has 2 atom stereocenters. The van der Waals surface area contributed by atoms with E-state index in [0.29, 0.717) is 44.2 Å². The van der Waals surface area contributed by atoms with Crippen molar-refractivity contribution in [3.63, 3.8) is 0 Å². The van der Waals surface area contributed by atoms with Gasteiger partial charge in [-0.25, -0.2) is 0 Å². The number of aliphatic hydroxyl groups is 2. The molecule has 3 N–H and O–H groups in total. The summed E-state index contributed by atoms with van der Waals surface area (Å²) in [5, 5.41) is 22.9. The maximum atomic E-state index is 11.9. The lowest BCUT2D eigenvalue weighted by Gasteiger charge is -2.37. The van der Waals surface area contributed by atoms with Crippen molar-refractivity contribution in [2.75, 3.05) is 31.1 Å². The van der Waals surface area contributed by atoms with Crippen LogP contribution in [-0.4, -0.2) is 65.8 Å². The van der Waals surface area contributed by atoms with Crippen LogP contribution >= 0.6 is 23.2 Å². The number of amides is 2. The van der Waals surface area contributed by atoms with E-state index in [1.807, 2.05) is 98.8 Å². The van der Waals surface area contributed by atoms with Crippen LogP contribution in [0.4, 0.5) is 5.69 Å². The summed E-state index contributed by atoms with van der Waals surface area (Å²) < 4.78 is 0. The first-order chi connectivity index (χ1) is 19.8. The Morgan fingerprint density at radius 1 is 0.878 bits per heavy atom. The Hall–Kier alpha value is -3.36. The highest BCUT2D eigenvalue weighted by Gasteiger charge is 2.29. The minimum absolute atomic E-state index is 0.418. The molecule has 1 saturated heterocycles. The first kappa shape index (κ1) is 33.8. The zero-order chi connectivity index (χ0) is 30.2. The highest BCUT2D eigenvalue weighted by atomic mass is 35.5. The van der Waals surface area contributed by atoms with Crippen LogP contribution in [0.25, 0.3) is 12.2 Å². The lowest BCUT2D eigenvalue weighted by atomic mass is 10.1. The van der Waals surface area contributed by atoms with Crippen molar-refractivity contribution >= 4 is 53.4 Å². The van der Waals surface area contributed by atoms with Crippen molar-refractivity contribution in [3.8, 4) is 0 Å². The lowest BCUT2D eigenvalue weighted by Crippen LogP contribution is -2.53. The van der Waals surface area contributed by atoms with Gasteiger partial charge in [0.25, 0.3) is 5.91 Å². The number of anilines is 1. The maximum Gasteiger partial charge on any atom is 0.254 e. The Kier molecular flexibility index (Phi) is 15.0. The third-order valence-electron chi connectivity index (χ3n) is 6.20. The second-order valence-corrected chi connectivity index (χ2v) is 9.92. The van der Waals surface area contributed by atoms with Crippen molar-refractivity contribution in [3.05, 3.63) is 99.5 Å². The summed E-state index contributed by atoms with van der Waals surface area (Å²) in [7, 11) is 0. The minimum Gasteiger partial charge on any atom is -0.390 e. The number of hydrogen-bond acceptors (Lipinski definition) is 5. The van der Waals surface area contributed by atoms with Crippen molar-refractivity contribution in [1.29, 1.82) is 0 Å². The molecule has 0 unspecified atom stereocenters. The molecule has 3 aromatic rings. The molecule has 1 fully saturated rings. The molecule has 1 aliphatic rings. The van der Waals surface area contributed by atoms with Crippen molar-refractivity contribution in [1.82, 2.24) is 10.2 Å². The number of aliphatic hydroxyl groups excluding tert-OH is 2. The van der Waals surface area contributed by atoms with E-state index >= 15 is 0 Å². The van der Waals surface area contributed by atoms with E-state index in [4.69, 9.17) is 23.2 Å². The first-order valence-electron chi connectivity index (χ1n) is 13.6. The Morgan fingerprint density at radius 2 is 1.41 bits per heavy atom. The van der Waals surface area contributed by atoms with E-state index in [9.17, 15) is 19.8 Å². The molecule has 4 rings (SSSR count). The second kappa shape index (κ2) is 18.1. The van der Waals surface area contributed by atoms with E-state index in [2.05, 4.69) is 10.2 Å². The largest absolute Gasteiger partial charge is 0.390 e. The van der Waals surface area contributed by atoms with Crippen LogP contribution in [0.1, 0.15) is 37.5 Å². The topological polar surface area (TPSA) is 93.1 Å². The lowest BCUT2D eigenvalue weighted by molar-refractivity contribution is -0.145. The Balaban J connectivity index is 0.000000271. The zero-order valence-corrected chi connectivity index (χ0v) is 25.2. The molecule has 7 nitrogen and oxygen atoms in total. The van der Waals surface area contributed by atoms with Crippen LogP contribution in [0, 0.1) is 0 Å². The van der Waals surface area contributed by atoms with Crippen LogP contribution in [0.5, 0.6) is 0 Å². The molecule has 41 heavy (non-hydrogen) atoms. The van der Waals surface area contributed by atoms with Crippen LogP contribution in [0.3, 0.4) is 0 Å². The molecule has 2 amide bonds. The van der Waals surface area contributed by atoms with Gasteiger partial charge in [0.05, 0.1) is 16.8 Å². The average molecular weight is 601 g/mol. The van der Waals surface area contributed by atoms with E-state index in [0.717, 1.165) is 27.4 Å². The third kappa shape index (κ3) is 11.2. The number of carbonyl (C=O) groups is 2. The SMILES string of the molecule is CC.C[C@H](O)[C@@H](O)C(=O)N1CCN(c2ccccc2Cl)CC1.O=CNCc1ccc(/C=C/c2ccc(Cl)cc2)cc1. The molecule has 1 heterocycles. The fraction of sp³-hybridized carbons (Fsp3) is 0.312. The summed E-state index contributed by atoms with van der Waals surface area (Å²) in [5.41, 5.74) is 4.26. The van der Waals surface area contributed by atoms with Crippen LogP contribution in [-0.2, 0) is 16.1 Å². The predicted molar refractivity (Wildman–Crippen MR) is 169 cm³/mol. The number of halogens is 2. The molecular formula is C32H39Cl2N3O4. The van der Waals surface area contributed by atoms with Crippen LogP contribution in [0.15, 0.2) is 72.8 Å². The van der Waals surface area contributed by atoms with E-state index in [-0.39, 0.29) is 0 Å². The van der Waals surface area contributed by atoms with Gasteiger partial charge in [-0.15, -0.1) is 0 Å². The molecule has 220 valence electrons. The minimum atomic E-state index is -1.35. The fourth-order valence-electron chi connectivity index (χ4n) is 3.94. The summed E-state index contributed by atoms with van der Waals surface area (Å²) in [6.45, 7) is 8.29. The molecule has 0 radical (unpaired) electrons. The van der Waals surface area contributed by atoms with Gasteiger partial charge in [0.1, 0.15) is 0 Å². The molecule has 1 aliphatic heterocycles. The van der Waals surface area contributed by atoms with Gasteiger partial charge in [-0.3, -0.25) is 9.59 Å². The highest BCUT2D eigenvalue weighted by molar-refractivity contribution is 6.33. The smallest absolute Gasteiger partial charge is 0.254 e. The second-order valence-electron chi connectivity index (χ2n) is 9.07. The summed E-state index contributed by atoms with van der Waals surface area (Å²) in [4.78, 5) is 25.8. The van der Waals surface area contributed by atoms with Gasteiger partial charge in [-0.2, -0.15) is 0 Å². The number of nitrogens with zero attached hydrogens (tertiary/aromatic N) is 2. The highest BCUT2D eigenvalue weighted by Crippen LogP contribution is 2.26. The van der Waals surface area contributed by atoms with Gasteiger partial charge in [0, 0.05) is 37.7 Å². The number of para-hydroxylation sites is 1. The number of hydrogen-bond donors (Lipinski definition) is 3. The fourth-order valence-corrected chi connectivity index (χ4v) is 4.32. The number of rotatable bonds is 8. The quantitative estimate of drug-likeness (QED) is 0.234. The molecule has 0 aliphatic carbocycles. The maximum absolute atomic E-state index is 11.9. The summed E-state index contributed by atoms with van der Waals surface area (Å²) in [6, 6.07) is 23.3. The summed E-state index contributed by atoms with van der Waals surface area (Å²) >= 11 is 12.0. The van der Waals surface area contributed by atoms with Crippen molar-refractivity contribution in [2.24, 2.45) is 0 Å². The van der Waals surface area contributed by atoms with Crippen LogP contribution < -0.4 is 10.2 Å². The molecule has 0 bridgehead atoms. The average Bonchev–Trinajstić information content (AvgIpc) is 3.01. The number of benzene rings is 3. The molecule has 3 aromatic carbocycles. The van der Waals surface area contributed by atoms with E-state index < -0.39 is 18.1 Å². The van der Waals surface area contributed by atoms with Crippen molar-refractivity contribution in [2.45, 2.75) is 39.5 Å². The Labute approximate surface area is 253 Å². The molecule has 0 saturated carbocycles. The number of carbonyl (C=O) groups excluding carboxylic acids is 2. The molecular weight excluding hydrogens is 561 g/mol. The Morgan fingerprint density at radius 3 is 1.93 bits per heavy atom. The molecule has 0 spiro atoms. The van der Waals surface area contributed by atoms with E-state index in [1.165, 1.54) is 6.92 Å². The van der Waals surface area contributed by atoms with Gasteiger partial charge in [0.2, 0.25) is 6.41 Å². The van der Waals surface area contributed by atoms with E-state index in [1.54, 1.807) is 4.90 Å². The third-order valence-corrected chi connectivity index (χ3v) is 6.77. The van der Waals surface area contributed by atoms with Gasteiger partial charge in [0.15, 0.2) is 6.10 Å². The zero-order valence-electron chi connectivity index (χ0n) is 23.7. The van der Waals surface area contributed by atoms with Gasteiger partial charge >= 0.3 is 0 Å². The standard InChI is InChI=1S/C16H14ClNO.C14H19ClN2O3.C2H6/c17-16-9-7-14(8-10-16)2-1-13-3-5-15(6-4-13)11-18-12-19;1-10(18)13(19)14(20)17-8-6-16(7-9-17)12-5-3-2-4-11(12)15;1-2/h1-10,12H,11H2,(H,18,19);2-5,10,13,18-19H,6-9H2,1H3;1-2H3/b2-1+;;/t;10-,13+;/m.0./s1. The van der Waals surface area contributed by atoms with Gasteiger partial charge in [-0.05, 0) is 47.9 Å². The summed E-state index contributed by atoms with van der Waals surface area (Å²) in [6.07, 6.45) is 2.38. The molecule has 9 heteroatoms. The van der Waals surface area contributed by atoms with Gasteiger partial charge in [-0.1, -0.05) is 97.7 Å². The first-order valence-corrected chi connectivity index (χ1v) is 14.4. The Bertz CT molecular complexity index is 1230. The van der Waals surface area contributed by atoms with Crippen LogP contribution in [0.2, 0.25) is 10.0 Å². The molecule has 0 aromatic heterocycles. The monoisotopic (exact) mass is 599 g/mol. The normalized spacial score (nSPS) is 14.2. The number of nitrogens with one attached hydrogen (secondary N) is 1. The summed E-state index contributed by atoms with van der Waals surface area (Å²) in [5.74, 6) is -0.418. The van der Waals surface area contributed by atoms with Crippen molar-refractivity contribution < 1.29 is 19.8 Å².